The van der Waals surface area contributed by atoms with Crippen molar-refractivity contribution < 1.29 is 9.59 Å². The number of amides is 1. The Morgan fingerprint density at radius 3 is 2.36 bits per heavy atom. The lowest BCUT2D eigenvalue weighted by Gasteiger charge is -2.31. The van der Waals surface area contributed by atoms with E-state index in [2.05, 4.69) is 23.3 Å². The first kappa shape index (κ1) is 20.3. The van der Waals surface area contributed by atoms with Crippen LogP contribution in [0, 0.1) is 0 Å². The molecule has 1 saturated carbocycles. The highest BCUT2D eigenvalue weighted by Crippen LogP contribution is 2.25. The predicted octanol–water partition coefficient (Wildman–Crippen LogP) is 5.05. The van der Waals surface area contributed by atoms with Crippen molar-refractivity contribution in [3.8, 4) is 0 Å². The van der Waals surface area contributed by atoms with Crippen molar-refractivity contribution in [3.63, 3.8) is 0 Å². The number of carbonyl (C=O) groups excluding carboxylic acids is 2. The Hall–Kier alpha value is -2.46. The normalized spacial score (nSPS) is 14.8. The Bertz CT molecular complexity index is 782. The highest BCUT2D eigenvalue weighted by Gasteiger charge is 2.19. The number of para-hydroxylation sites is 1. The second kappa shape index (κ2) is 10.2. The van der Waals surface area contributed by atoms with Crippen LogP contribution in [0.5, 0.6) is 0 Å². The van der Waals surface area contributed by atoms with E-state index in [1.54, 1.807) is 12.1 Å². The highest BCUT2D eigenvalue weighted by molar-refractivity contribution is 6.00. The summed E-state index contributed by atoms with van der Waals surface area (Å²) in [5.74, 6) is -0.113. The molecular weight excluding hydrogens is 348 g/mol. The molecule has 1 amide bonds. The monoisotopic (exact) mass is 378 g/mol. The summed E-state index contributed by atoms with van der Waals surface area (Å²) in [5, 5.41) is 3.01. The van der Waals surface area contributed by atoms with Gasteiger partial charge in [0.25, 0.3) is 0 Å². The first-order chi connectivity index (χ1) is 13.6. The molecule has 0 aliphatic heterocycles. The second-order valence-electron chi connectivity index (χ2n) is 7.70. The summed E-state index contributed by atoms with van der Waals surface area (Å²) >= 11 is 0. The van der Waals surface area contributed by atoms with Gasteiger partial charge in [-0.3, -0.25) is 14.5 Å². The van der Waals surface area contributed by atoms with Crippen LogP contribution in [0.4, 0.5) is 5.69 Å². The van der Waals surface area contributed by atoms with Crippen molar-refractivity contribution in [1.29, 1.82) is 0 Å². The minimum atomic E-state index is -0.114. The summed E-state index contributed by atoms with van der Waals surface area (Å²) < 4.78 is 0. The minimum absolute atomic E-state index is 0.000988. The minimum Gasteiger partial charge on any atom is -0.326 e. The van der Waals surface area contributed by atoms with E-state index in [1.807, 2.05) is 36.4 Å². The van der Waals surface area contributed by atoms with Crippen molar-refractivity contribution in [3.05, 3.63) is 65.7 Å². The van der Waals surface area contributed by atoms with Crippen LogP contribution in [0.3, 0.4) is 0 Å². The van der Waals surface area contributed by atoms with Crippen LogP contribution in [-0.2, 0) is 11.3 Å². The zero-order valence-electron chi connectivity index (χ0n) is 16.7. The Kier molecular flexibility index (Phi) is 7.38. The number of rotatable bonds is 8. The third-order valence-electron chi connectivity index (χ3n) is 5.58. The van der Waals surface area contributed by atoms with Crippen LogP contribution in [0.2, 0.25) is 0 Å². The van der Waals surface area contributed by atoms with Crippen LogP contribution >= 0.6 is 0 Å². The largest absolute Gasteiger partial charge is 0.326 e. The zero-order chi connectivity index (χ0) is 19.8. The van der Waals surface area contributed by atoms with Crippen LogP contribution in [-0.4, -0.2) is 29.7 Å². The van der Waals surface area contributed by atoms with Gasteiger partial charge < -0.3 is 5.32 Å². The van der Waals surface area contributed by atoms with E-state index < -0.39 is 0 Å². The van der Waals surface area contributed by atoms with Crippen LogP contribution < -0.4 is 5.32 Å². The van der Waals surface area contributed by atoms with Gasteiger partial charge >= 0.3 is 0 Å². The molecule has 1 aliphatic carbocycles. The molecule has 0 aromatic heterocycles. The van der Waals surface area contributed by atoms with Crippen LogP contribution in [0.1, 0.15) is 60.9 Å². The lowest BCUT2D eigenvalue weighted by atomic mass is 9.94. The molecule has 148 valence electrons. The van der Waals surface area contributed by atoms with Gasteiger partial charge in [-0.1, -0.05) is 67.8 Å². The first-order valence-corrected chi connectivity index (χ1v) is 10.3. The molecule has 4 heteroatoms. The van der Waals surface area contributed by atoms with E-state index in [4.69, 9.17) is 0 Å². The van der Waals surface area contributed by atoms with Crippen LogP contribution in [0.25, 0.3) is 0 Å². The summed E-state index contributed by atoms with van der Waals surface area (Å²) in [7, 11) is 2.17. The van der Waals surface area contributed by atoms with E-state index in [1.165, 1.54) is 32.1 Å². The van der Waals surface area contributed by atoms with Crippen molar-refractivity contribution in [2.45, 2.75) is 57.5 Å². The zero-order valence-corrected chi connectivity index (χ0v) is 16.7. The molecule has 0 heterocycles. The summed E-state index contributed by atoms with van der Waals surface area (Å²) in [6, 6.07) is 17.7. The SMILES string of the molecule is CN(Cc1ccccc1NC(=O)CCC(=O)c1ccccc1)C1CCCCC1. The third kappa shape index (κ3) is 5.77. The maximum absolute atomic E-state index is 12.4. The topological polar surface area (TPSA) is 49.4 Å². The Morgan fingerprint density at radius 2 is 1.61 bits per heavy atom. The smallest absolute Gasteiger partial charge is 0.224 e. The fourth-order valence-corrected chi connectivity index (χ4v) is 3.91. The number of hydrogen-bond donors (Lipinski definition) is 1. The summed E-state index contributed by atoms with van der Waals surface area (Å²) in [6.07, 6.45) is 6.89. The molecule has 0 spiro atoms. The number of ketones is 1. The summed E-state index contributed by atoms with van der Waals surface area (Å²) in [5.41, 5.74) is 2.63. The van der Waals surface area contributed by atoms with Crippen molar-refractivity contribution >= 4 is 17.4 Å². The quantitative estimate of drug-likeness (QED) is 0.654. The molecule has 2 aromatic carbocycles. The van der Waals surface area contributed by atoms with E-state index >= 15 is 0 Å². The van der Waals surface area contributed by atoms with Crippen molar-refractivity contribution in [1.82, 2.24) is 4.90 Å². The maximum Gasteiger partial charge on any atom is 0.224 e. The number of nitrogens with one attached hydrogen (secondary N) is 1. The summed E-state index contributed by atoms with van der Waals surface area (Å²) in [6.45, 7) is 0.823. The average molecular weight is 379 g/mol. The summed E-state index contributed by atoms with van der Waals surface area (Å²) in [4.78, 5) is 27.0. The van der Waals surface area contributed by atoms with Crippen molar-refractivity contribution in [2.75, 3.05) is 12.4 Å². The number of nitrogens with zero attached hydrogens (tertiary/aromatic N) is 1. The van der Waals surface area contributed by atoms with Gasteiger partial charge in [-0.05, 0) is 31.5 Å². The molecule has 0 unspecified atom stereocenters. The molecule has 0 saturated heterocycles. The van der Waals surface area contributed by atoms with Gasteiger partial charge in [0.15, 0.2) is 5.78 Å². The fourth-order valence-electron chi connectivity index (χ4n) is 3.91. The number of Topliss-reactive ketones (excluding diaryl/α,β-unsaturated/α-hetero) is 1. The fraction of sp³-hybridized carbons (Fsp3) is 0.417. The third-order valence-corrected chi connectivity index (χ3v) is 5.58. The molecule has 4 nitrogen and oxygen atoms in total. The Balaban J connectivity index is 1.55. The van der Waals surface area contributed by atoms with Gasteiger partial charge in [0.05, 0.1) is 0 Å². The second-order valence-corrected chi connectivity index (χ2v) is 7.70. The molecule has 0 radical (unpaired) electrons. The lowest BCUT2D eigenvalue weighted by Crippen LogP contribution is -2.33. The molecule has 1 aliphatic rings. The molecule has 1 fully saturated rings. The van der Waals surface area contributed by atoms with Gasteiger partial charge in [0.2, 0.25) is 5.91 Å². The number of carbonyl (C=O) groups is 2. The predicted molar refractivity (Wildman–Crippen MR) is 113 cm³/mol. The maximum atomic E-state index is 12.4. The molecule has 2 aromatic rings. The molecular formula is C24H30N2O2. The van der Waals surface area contributed by atoms with Crippen LogP contribution in [0.15, 0.2) is 54.6 Å². The van der Waals surface area contributed by atoms with Gasteiger partial charge in [-0.25, -0.2) is 0 Å². The average Bonchev–Trinajstić information content (AvgIpc) is 2.74. The number of hydrogen-bond acceptors (Lipinski definition) is 3. The lowest BCUT2D eigenvalue weighted by molar-refractivity contribution is -0.116. The Morgan fingerprint density at radius 1 is 0.929 bits per heavy atom. The molecule has 1 N–H and O–H groups in total. The standard InChI is InChI=1S/C24H30N2O2/c1-26(21-13-6-3-7-14-21)18-20-12-8-9-15-22(20)25-24(28)17-16-23(27)19-10-4-2-5-11-19/h2,4-5,8-12,15,21H,3,6-7,13-14,16-18H2,1H3,(H,25,28). The van der Waals surface area contributed by atoms with E-state index in [-0.39, 0.29) is 24.5 Å². The number of benzene rings is 2. The van der Waals surface area contributed by atoms with Gasteiger partial charge in [0, 0.05) is 36.7 Å². The molecule has 3 rings (SSSR count). The van der Waals surface area contributed by atoms with E-state index in [0.717, 1.165) is 17.8 Å². The Labute approximate surface area is 167 Å². The number of anilines is 1. The van der Waals surface area contributed by atoms with Gasteiger partial charge in [-0.2, -0.15) is 0 Å². The van der Waals surface area contributed by atoms with E-state index in [0.29, 0.717) is 11.6 Å². The molecule has 0 atom stereocenters. The molecule has 28 heavy (non-hydrogen) atoms. The highest BCUT2D eigenvalue weighted by atomic mass is 16.2. The van der Waals surface area contributed by atoms with E-state index in [9.17, 15) is 9.59 Å². The van der Waals surface area contributed by atoms with Gasteiger partial charge in [-0.15, -0.1) is 0 Å². The molecule has 0 bridgehead atoms. The van der Waals surface area contributed by atoms with Crippen molar-refractivity contribution in [2.24, 2.45) is 0 Å². The first-order valence-electron chi connectivity index (χ1n) is 10.3. The van der Waals surface area contributed by atoms with Gasteiger partial charge in [0.1, 0.15) is 0 Å².